The topological polar surface area (TPSA) is 49.4 Å². The Morgan fingerprint density at radius 2 is 1.62 bits per heavy atom. The Morgan fingerprint density at radius 1 is 1.00 bits per heavy atom. The van der Waals surface area contributed by atoms with Crippen molar-refractivity contribution >= 4 is 10.0 Å². The molecule has 4 nitrogen and oxygen atoms in total. The Labute approximate surface area is 129 Å². The summed E-state index contributed by atoms with van der Waals surface area (Å²) in [6, 6.07) is 1.34. The summed E-state index contributed by atoms with van der Waals surface area (Å²) in [5.41, 5.74) is 0. The van der Waals surface area contributed by atoms with Crippen LogP contribution in [0.3, 0.4) is 0 Å². The largest absolute Gasteiger partial charge is 0.311 e. The van der Waals surface area contributed by atoms with E-state index in [4.69, 9.17) is 0 Å². The molecule has 0 aromatic rings. The minimum atomic E-state index is -3.09. The lowest BCUT2D eigenvalue weighted by Gasteiger charge is -2.37. The van der Waals surface area contributed by atoms with Crippen molar-refractivity contribution in [2.75, 3.05) is 12.3 Å². The van der Waals surface area contributed by atoms with Crippen molar-refractivity contribution in [3.8, 4) is 0 Å². The highest BCUT2D eigenvalue weighted by atomic mass is 32.2. The van der Waals surface area contributed by atoms with Crippen molar-refractivity contribution in [2.45, 2.75) is 82.8 Å². The summed E-state index contributed by atoms with van der Waals surface area (Å²) in [4.78, 5) is 0. The van der Waals surface area contributed by atoms with Crippen LogP contribution in [0.4, 0.5) is 0 Å². The van der Waals surface area contributed by atoms with Crippen LogP contribution in [0, 0.1) is 5.92 Å². The first-order chi connectivity index (χ1) is 10.1. The van der Waals surface area contributed by atoms with E-state index in [2.05, 4.69) is 5.32 Å². The fraction of sp³-hybridized carbons (Fsp3) is 1.00. The molecular formula is C16H30N2O2S. The zero-order chi connectivity index (χ0) is 14.9. The van der Waals surface area contributed by atoms with Gasteiger partial charge in [0.25, 0.3) is 0 Å². The smallest absolute Gasteiger partial charge is 0.214 e. The summed E-state index contributed by atoms with van der Waals surface area (Å²) in [5.74, 6) is 0.788. The van der Waals surface area contributed by atoms with Crippen LogP contribution in [0.2, 0.25) is 0 Å². The standard InChI is InChI=1S/C16H30N2O2S/c1-2-18(16-10-14-8-9-15(11-16)17-14)21(19,20)12-13-6-4-3-5-7-13/h13-17H,2-12H2,1H3. The van der Waals surface area contributed by atoms with Gasteiger partial charge in [0.15, 0.2) is 0 Å². The number of nitrogens with zero attached hydrogens (tertiary/aromatic N) is 1. The van der Waals surface area contributed by atoms with E-state index in [0.717, 1.165) is 25.7 Å². The Bertz CT molecular complexity index is 433. The molecule has 21 heavy (non-hydrogen) atoms. The summed E-state index contributed by atoms with van der Waals surface area (Å²) in [5, 5.41) is 3.61. The molecule has 2 unspecified atom stereocenters. The average molecular weight is 314 g/mol. The lowest BCUT2D eigenvalue weighted by molar-refractivity contribution is 0.230. The fourth-order valence-electron chi connectivity index (χ4n) is 4.69. The average Bonchev–Trinajstić information content (AvgIpc) is 2.79. The number of fused-ring (bicyclic) bond motifs is 2. The molecule has 0 aromatic carbocycles. The van der Waals surface area contributed by atoms with Gasteiger partial charge in [-0.15, -0.1) is 0 Å². The molecule has 3 rings (SSSR count). The van der Waals surface area contributed by atoms with Crippen LogP contribution < -0.4 is 5.32 Å². The van der Waals surface area contributed by atoms with Crippen LogP contribution in [0.5, 0.6) is 0 Å². The molecule has 2 heterocycles. The van der Waals surface area contributed by atoms with Gasteiger partial charge in [0.2, 0.25) is 10.0 Å². The molecule has 2 aliphatic heterocycles. The van der Waals surface area contributed by atoms with E-state index in [1.165, 1.54) is 32.1 Å². The molecular weight excluding hydrogens is 284 g/mol. The van der Waals surface area contributed by atoms with Gasteiger partial charge in [-0.1, -0.05) is 26.2 Å². The van der Waals surface area contributed by atoms with E-state index in [9.17, 15) is 8.42 Å². The normalized spacial score (nSPS) is 34.5. The molecule has 1 saturated carbocycles. The molecule has 0 aromatic heterocycles. The number of nitrogens with one attached hydrogen (secondary N) is 1. The molecule has 0 spiro atoms. The van der Waals surface area contributed by atoms with Gasteiger partial charge in [0, 0.05) is 24.7 Å². The Morgan fingerprint density at radius 3 is 2.19 bits per heavy atom. The molecule has 1 N–H and O–H groups in total. The number of hydrogen-bond acceptors (Lipinski definition) is 3. The van der Waals surface area contributed by atoms with E-state index in [0.29, 0.717) is 30.3 Å². The Kier molecular flexibility index (Phi) is 4.91. The monoisotopic (exact) mass is 314 g/mol. The van der Waals surface area contributed by atoms with Crippen LogP contribution in [-0.2, 0) is 10.0 Å². The second-order valence-electron chi connectivity index (χ2n) is 7.25. The molecule has 3 fully saturated rings. The minimum absolute atomic E-state index is 0.238. The highest BCUT2D eigenvalue weighted by Gasteiger charge is 2.39. The lowest BCUT2D eigenvalue weighted by Crippen LogP contribution is -2.51. The van der Waals surface area contributed by atoms with Crippen molar-refractivity contribution < 1.29 is 8.42 Å². The summed E-state index contributed by atoms with van der Waals surface area (Å²) in [6.45, 7) is 2.64. The molecule has 5 heteroatoms. The molecule has 2 atom stereocenters. The predicted octanol–water partition coefficient (Wildman–Crippen LogP) is 2.50. The highest BCUT2D eigenvalue weighted by molar-refractivity contribution is 7.89. The van der Waals surface area contributed by atoms with Gasteiger partial charge in [0.1, 0.15) is 0 Å². The van der Waals surface area contributed by atoms with Gasteiger partial charge in [-0.2, -0.15) is 4.31 Å². The van der Waals surface area contributed by atoms with Crippen LogP contribution in [-0.4, -0.2) is 43.1 Å². The Hall–Kier alpha value is -0.130. The summed E-state index contributed by atoms with van der Waals surface area (Å²) in [6.07, 6.45) is 10.4. The zero-order valence-electron chi connectivity index (χ0n) is 13.3. The van der Waals surface area contributed by atoms with Crippen molar-refractivity contribution in [1.82, 2.24) is 9.62 Å². The number of piperidine rings is 1. The van der Waals surface area contributed by atoms with Gasteiger partial charge in [-0.25, -0.2) is 8.42 Å². The van der Waals surface area contributed by atoms with Crippen LogP contribution >= 0.6 is 0 Å². The first-order valence-electron chi connectivity index (χ1n) is 8.84. The Balaban J connectivity index is 1.66. The van der Waals surface area contributed by atoms with E-state index < -0.39 is 10.0 Å². The molecule has 3 aliphatic rings. The maximum absolute atomic E-state index is 12.9. The van der Waals surface area contributed by atoms with Gasteiger partial charge in [-0.05, 0) is 44.4 Å². The quantitative estimate of drug-likeness (QED) is 0.848. The predicted molar refractivity (Wildman–Crippen MR) is 85.7 cm³/mol. The van der Waals surface area contributed by atoms with Crippen molar-refractivity contribution in [1.29, 1.82) is 0 Å². The van der Waals surface area contributed by atoms with E-state index in [-0.39, 0.29) is 6.04 Å². The van der Waals surface area contributed by atoms with Crippen molar-refractivity contribution in [3.05, 3.63) is 0 Å². The summed E-state index contributed by atoms with van der Waals surface area (Å²) in [7, 11) is -3.09. The zero-order valence-corrected chi connectivity index (χ0v) is 14.1. The number of sulfonamides is 1. The summed E-state index contributed by atoms with van der Waals surface area (Å²) < 4.78 is 27.6. The maximum Gasteiger partial charge on any atom is 0.214 e. The third-order valence-electron chi connectivity index (χ3n) is 5.70. The van der Waals surface area contributed by atoms with Crippen LogP contribution in [0.15, 0.2) is 0 Å². The van der Waals surface area contributed by atoms with Gasteiger partial charge in [0.05, 0.1) is 5.75 Å². The molecule has 0 radical (unpaired) electrons. The van der Waals surface area contributed by atoms with Crippen molar-refractivity contribution in [2.24, 2.45) is 5.92 Å². The van der Waals surface area contributed by atoms with Gasteiger partial charge >= 0.3 is 0 Å². The van der Waals surface area contributed by atoms with Gasteiger partial charge < -0.3 is 5.32 Å². The molecule has 2 saturated heterocycles. The first-order valence-corrected chi connectivity index (χ1v) is 10.4. The lowest BCUT2D eigenvalue weighted by atomic mass is 9.91. The second kappa shape index (κ2) is 6.55. The fourth-order valence-corrected chi connectivity index (χ4v) is 6.83. The highest BCUT2D eigenvalue weighted by Crippen LogP contribution is 2.32. The van der Waals surface area contributed by atoms with E-state index >= 15 is 0 Å². The van der Waals surface area contributed by atoms with Crippen molar-refractivity contribution in [3.63, 3.8) is 0 Å². The molecule has 1 aliphatic carbocycles. The second-order valence-corrected chi connectivity index (χ2v) is 9.22. The third kappa shape index (κ3) is 3.62. The third-order valence-corrected chi connectivity index (χ3v) is 7.86. The number of rotatable bonds is 5. The molecule has 2 bridgehead atoms. The van der Waals surface area contributed by atoms with Gasteiger partial charge in [-0.3, -0.25) is 0 Å². The van der Waals surface area contributed by atoms with E-state index in [1.54, 1.807) is 0 Å². The maximum atomic E-state index is 12.9. The van der Waals surface area contributed by atoms with E-state index in [1.807, 2.05) is 11.2 Å². The minimum Gasteiger partial charge on any atom is -0.311 e. The SMILES string of the molecule is CCN(C1CC2CCC(C1)N2)S(=O)(=O)CC1CCCCC1. The number of hydrogen-bond donors (Lipinski definition) is 1. The van der Waals surface area contributed by atoms with Crippen LogP contribution in [0.25, 0.3) is 0 Å². The molecule has 122 valence electrons. The summed E-state index contributed by atoms with van der Waals surface area (Å²) >= 11 is 0. The van der Waals surface area contributed by atoms with Crippen LogP contribution in [0.1, 0.15) is 64.7 Å². The first kappa shape index (κ1) is 15.8. The molecule has 0 amide bonds.